The Labute approximate surface area is 166 Å². The summed E-state index contributed by atoms with van der Waals surface area (Å²) in [6.45, 7) is 1.36. The van der Waals surface area contributed by atoms with Crippen molar-refractivity contribution in [1.82, 2.24) is 10.2 Å². The van der Waals surface area contributed by atoms with E-state index in [4.69, 9.17) is 9.47 Å². The standard InChI is InChI=1S/C22H30N2O4/c1-27-19-9-8-17(15-20(19)28-2)22(26)23-18-10-12-24(13-11-18)21(25)14-16-6-4-3-5-7-16/h8-9,14-15,18H,3-7,10-13H2,1-2H3,(H,23,26). The van der Waals surface area contributed by atoms with Crippen LogP contribution in [0.5, 0.6) is 11.5 Å². The third-order valence-corrected chi connectivity index (χ3v) is 5.61. The molecule has 6 nitrogen and oxygen atoms in total. The number of allylic oxidation sites excluding steroid dienone is 1. The molecule has 0 radical (unpaired) electrons. The van der Waals surface area contributed by atoms with E-state index in [9.17, 15) is 9.59 Å². The third kappa shape index (κ3) is 5.06. The molecule has 2 fully saturated rings. The highest BCUT2D eigenvalue weighted by Crippen LogP contribution is 2.28. The van der Waals surface area contributed by atoms with Crippen LogP contribution in [0.4, 0.5) is 0 Å². The molecule has 2 amide bonds. The lowest BCUT2D eigenvalue weighted by atomic mass is 9.94. The average Bonchev–Trinajstić information content (AvgIpc) is 2.74. The largest absolute Gasteiger partial charge is 0.493 e. The normalized spacial score (nSPS) is 17.8. The lowest BCUT2D eigenvalue weighted by molar-refractivity contribution is -0.127. The fourth-order valence-electron chi connectivity index (χ4n) is 3.91. The fraction of sp³-hybridized carbons (Fsp3) is 0.545. The van der Waals surface area contributed by atoms with Crippen LogP contribution in [0.25, 0.3) is 0 Å². The minimum absolute atomic E-state index is 0.0759. The number of likely N-dealkylation sites (tertiary alicyclic amines) is 1. The Kier molecular flexibility index (Phi) is 6.95. The molecule has 6 heteroatoms. The summed E-state index contributed by atoms with van der Waals surface area (Å²) in [5.74, 6) is 1.13. The average molecular weight is 386 g/mol. The number of hydrogen-bond donors (Lipinski definition) is 1. The minimum Gasteiger partial charge on any atom is -0.493 e. The van der Waals surface area contributed by atoms with Crippen molar-refractivity contribution in [3.63, 3.8) is 0 Å². The van der Waals surface area contributed by atoms with Gasteiger partial charge >= 0.3 is 0 Å². The van der Waals surface area contributed by atoms with Crippen molar-refractivity contribution < 1.29 is 19.1 Å². The Morgan fingerprint density at radius 2 is 1.71 bits per heavy atom. The molecule has 1 aliphatic carbocycles. The second-order valence-corrected chi connectivity index (χ2v) is 7.51. The molecule has 0 spiro atoms. The number of carbonyl (C=O) groups excluding carboxylic acids is 2. The lowest BCUT2D eigenvalue weighted by Crippen LogP contribution is -2.46. The molecule has 1 aromatic rings. The Hall–Kier alpha value is -2.50. The van der Waals surface area contributed by atoms with E-state index >= 15 is 0 Å². The van der Waals surface area contributed by atoms with Crippen LogP contribution in [0.15, 0.2) is 29.8 Å². The molecule has 0 bridgehead atoms. The summed E-state index contributed by atoms with van der Waals surface area (Å²) < 4.78 is 10.5. The second-order valence-electron chi connectivity index (χ2n) is 7.51. The molecule has 2 aliphatic rings. The molecule has 0 atom stereocenters. The third-order valence-electron chi connectivity index (χ3n) is 5.61. The Morgan fingerprint density at radius 1 is 1.04 bits per heavy atom. The van der Waals surface area contributed by atoms with Crippen molar-refractivity contribution in [2.45, 2.75) is 51.0 Å². The number of carbonyl (C=O) groups is 2. The van der Waals surface area contributed by atoms with Crippen LogP contribution in [0.3, 0.4) is 0 Å². The molecule has 1 N–H and O–H groups in total. The lowest BCUT2D eigenvalue weighted by Gasteiger charge is -2.32. The first-order valence-electron chi connectivity index (χ1n) is 10.1. The van der Waals surface area contributed by atoms with Gasteiger partial charge in [0.2, 0.25) is 5.91 Å². The van der Waals surface area contributed by atoms with Crippen LogP contribution in [0.2, 0.25) is 0 Å². The summed E-state index contributed by atoms with van der Waals surface area (Å²) in [7, 11) is 3.12. The van der Waals surface area contributed by atoms with E-state index in [2.05, 4.69) is 5.32 Å². The maximum atomic E-state index is 12.6. The number of rotatable bonds is 5. The van der Waals surface area contributed by atoms with Crippen molar-refractivity contribution in [2.75, 3.05) is 27.3 Å². The number of ether oxygens (including phenoxy) is 2. The SMILES string of the molecule is COc1ccc(C(=O)NC2CCN(C(=O)C=C3CCCCC3)CC2)cc1OC. The molecule has 0 unspecified atom stereocenters. The van der Waals surface area contributed by atoms with E-state index in [1.807, 2.05) is 11.0 Å². The summed E-state index contributed by atoms with van der Waals surface area (Å²) in [6, 6.07) is 5.22. The quantitative estimate of drug-likeness (QED) is 0.789. The fourth-order valence-corrected chi connectivity index (χ4v) is 3.91. The van der Waals surface area contributed by atoms with E-state index in [1.165, 1.54) is 24.8 Å². The van der Waals surface area contributed by atoms with Gasteiger partial charge in [0, 0.05) is 30.8 Å². The van der Waals surface area contributed by atoms with Crippen molar-refractivity contribution in [3.8, 4) is 11.5 Å². The summed E-state index contributed by atoms with van der Waals surface area (Å²) in [6.07, 6.45) is 9.18. The summed E-state index contributed by atoms with van der Waals surface area (Å²) in [5, 5.41) is 3.08. The predicted molar refractivity (Wildman–Crippen MR) is 108 cm³/mol. The number of amides is 2. The molecule has 0 aromatic heterocycles. The molecule has 1 saturated heterocycles. The highest BCUT2D eigenvalue weighted by molar-refractivity contribution is 5.95. The molecule has 1 aromatic carbocycles. The van der Waals surface area contributed by atoms with E-state index in [1.54, 1.807) is 32.4 Å². The number of hydrogen-bond acceptors (Lipinski definition) is 4. The monoisotopic (exact) mass is 386 g/mol. The van der Waals surface area contributed by atoms with Crippen molar-refractivity contribution in [1.29, 1.82) is 0 Å². The molecule has 3 rings (SSSR count). The van der Waals surface area contributed by atoms with Gasteiger partial charge in [0.15, 0.2) is 11.5 Å². The van der Waals surface area contributed by atoms with Crippen LogP contribution >= 0.6 is 0 Å². The van der Waals surface area contributed by atoms with Crippen molar-refractivity contribution in [3.05, 3.63) is 35.4 Å². The van der Waals surface area contributed by atoms with E-state index in [0.717, 1.165) is 25.7 Å². The molecule has 1 saturated carbocycles. The summed E-state index contributed by atoms with van der Waals surface area (Å²) in [5.41, 5.74) is 1.83. The van der Waals surface area contributed by atoms with Gasteiger partial charge in [0.25, 0.3) is 5.91 Å². The van der Waals surface area contributed by atoms with Gasteiger partial charge in [-0.15, -0.1) is 0 Å². The molecule has 1 heterocycles. The number of nitrogens with zero attached hydrogens (tertiary/aromatic N) is 1. The zero-order valence-electron chi connectivity index (χ0n) is 16.8. The van der Waals surface area contributed by atoms with Gasteiger partial charge < -0.3 is 19.7 Å². The van der Waals surface area contributed by atoms with E-state index in [-0.39, 0.29) is 17.9 Å². The van der Waals surface area contributed by atoms with Gasteiger partial charge in [-0.1, -0.05) is 12.0 Å². The zero-order valence-corrected chi connectivity index (χ0v) is 16.8. The summed E-state index contributed by atoms with van der Waals surface area (Å²) >= 11 is 0. The van der Waals surface area contributed by atoms with Gasteiger partial charge in [-0.25, -0.2) is 0 Å². The van der Waals surface area contributed by atoms with Crippen molar-refractivity contribution >= 4 is 11.8 Å². The Bertz CT molecular complexity index is 728. The van der Waals surface area contributed by atoms with Crippen molar-refractivity contribution in [2.24, 2.45) is 0 Å². The van der Waals surface area contributed by atoms with Crippen LogP contribution in [0, 0.1) is 0 Å². The van der Waals surface area contributed by atoms with Crippen LogP contribution in [0.1, 0.15) is 55.3 Å². The topological polar surface area (TPSA) is 67.9 Å². The van der Waals surface area contributed by atoms with Gasteiger partial charge in [0.05, 0.1) is 14.2 Å². The highest BCUT2D eigenvalue weighted by Gasteiger charge is 2.24. The first-order chi connectivity index (χ1) is 13.6. The minimum atomic E-state index is -0.130. The number of benzene rings is 1. The van der Waals surface area contributed by atoms with Gasteiger partial charge in [0.1, 0.15) is 0 Å². The number of nitrogens with one attached hydrogen (secondary N) is 1. The maximum absolute atomic E-state index is 12.6. The Balaban J connectivity index is 1.51. The smallest absolute Gasteiger partial charge is 0.251 e. The zero-order chi connectivity index (χ0) is 19.9. The number of piperidine rings is 1. The van der Waals surface area contributed by atoms with Crippen LogP contribution in [-0.4, -0.2) is 50.1 Å². The molecule has 1 aliphatic heterocycles. The first-order valence-corrected chi connectivity index (χ1v) is 10.1. The van der Waals surface area contributed by atoms with E-state index < -0.39 is 0 Å². The number of methoxy groups -OCH3 is 2. The van der Waals surface area contributed by atoms with E-state index in [0.29, 0.717) is 30.2 Å². The Morgan fingerprint density at radius 3 is 2.36 bits per heavy atom. The predicted octanol–water partition coefficient (Wildman–Crippen LogP) is 3.32. The van der Waals surface area contributed by atoms with Gasteiger partial charge in [-0.05, 0) is 56.7 Å². The molecule has 152 valence electrons. The van der Waals surface area contributed by atoms with Gasteiger partial charge in [-0.2, -0.15) is 0 Å². The summed E-state index contributed by atoms with van der Waals surface area (Å²) in [4.78, 5) is 26.9. The second kappa shape index (κ2) is 9.62. The molecular weight excluding hydrogens is 356 g/mol. The van der Waals surface area contributed by atoms with Gasteiger partial charge in [-0.3, -0.25) is 9.59 Å². The first kappa shape index (κ1) is 20.2. The maximum Gasteiger partial charge on any atom is 0.251 e. The van der Waals surface area contributed by atoms with Crippen LogP contribution in [-0.2, 0) is 4.79 Å². The van der Waals surface area contributed by atoms with Crippen LogP contribution < -0.4 is 14.8 Å². The molecular formula is C22H30N2O4. The highest BCUT2D eigenvalue weighted by atomic mass is 16.5. The molecule has 28 heavy (non-hydrogen) atoms.